The number of hydrogen-bond acceptors (Lipinski definition) is 55. The Hall–Kier alpha value is -5.14. The van der Waals surface area contributed by atoms with E-state index in [1.807, 2.05) is 0 Å². The number of carbonyl (C=O) groups excluding carboxylic acids is 6. The number of aliphatic hydroxyl groups is 28. The monoisotopic (exact) mass is 2030 g/mol. The Bertz CT molecular complexity index is 3900. The van der Waals surface area contributed by atoms with Crippen molar-refractivity contribution in [2.45, 2.75) is 386 Å². The van der Waals surface area contributed by atoms with Crippen molar-refractivity contribution in [1.29, 1.82) is 0 Å². The first-order valence-electron chi connectivity index (χ1n) is 44.5. The zero-order valence-corrected chi connectivity index (χ0v) is 75.4. The van der Waals surface area contributed by atoms with Crippen molar-refractivity contribution < 1.29 is 271 Å². The first-order chi connectivity index (χ1) is 65.6. The van der Waals surface area contributed by atoms with Gasteiger partial charge in [0.05, 0.1) is 72.2 Å². The molecule has 0 saturated carbocycles. The fourth-order valence-electron chi connectivity index (χ4n) is 18.0. The Kier molecular flexibility index (Phi) is 41.1. The molecule has 802 valence electrons. The molecule has 11 rings (SSSR count). The summed E-state index contributed by atoms with van der Waals surface area (Å²) in [4.78, 5) is 77.6. The summed E-state index contributed by atoms with van der Waals surface area (Å²) in [6, 6.07) is -11.5. The Morgan fingerprint density at radius 1 is 0.201 bits per heavy atom. The highest BCUT2D eigenvalue weighted by molar-refractivity contribution is 5.75. The minimum Gasteiger partial charge on any atom is -0.394 e. The summed E-state index contributed by atoms with van der Waals surface area (Å²) in [5.74, 6) is -5.68. The van der Waals surface area contributed by atoms with Gasteiger partial charge in [0, 0.05) is 41.5 Å². The summed E-state index contributed by atoms with van der Waals surface area (Å²) in [5.41, 5.74) is 0. The molecule has 0 aromatic heterocycles. The van der Waals surface area contributed by atoms with Crippen LogP contribution in [0.4, 0.5) is 0 Å². The minimum atomic E-state index is -2.76. The molecule has 6 amide bonds. The normalized spacial score (nSPS) is 48.3. The number of rotatable bonds is 36. The molecule has 34 N–H and O–H groups in total. The molecule has 0 aromatic rings. The molecule has 139 heavy (non-hydrogen) atoms. The van der Waals surface area contributed by atoms with Crippen molar-refractivity contribution in [2.24, 2.45) is 0 Å². The highest BCUT2D eigenvalue weighted by atomic mass is 16.8. The molecule has 0 bridgehead atoms. The van der Waals surface area contributed by atoms with Gasteiger partial charge in [-0.25, -0.2) is 0 Å². The lowest BCUT2D eigenvalue weighted by Crippen LogP contribution is -2.71. The molecule has 11 fully saturated rings. The Morgan fingerprint density at radius 2 is 0.460 bits per heavy atom. The van der Waals surface area contributed by atoms with Crippen LogP contribution in [0.3, 0.4) is 0 Å². The van der Waals surface area contributed by atoms with E-state index < -0.39 is 439 Å². The topological polar surface area (TPSA) is 935 Å². The summed E-state index contributed by atoms with van der Waals surface area (Å²) >= 11 is 0. The molecule has 0 aromatic carbocycles. The van der Waals surface area contributed by atoms with E-state index in [2.05, 4.69) is 31.9 Å². The van der Waals surface area contributed by atoms with Gasteiger partial charge in [-0.3, -0.25) is 28.8 Å². The smallest absolute Gasteiger partial charge is 0.217 e. The van der Waals surface area contributed by atoms with E-state index in [0.717, 1.165) is 41.5 Å². The quantitative estimate of drug-likeness (QED) is 0.0277. The zero-order chi connectivity index (χ0) is 102. The van der Waals surface area contributed by atoms with E-state index in [9.17, 15) is 172 Å². The molecule has 11 aliphatic rings. The molecule has 0 radical (unpaired) electrons. The van der Waals surface area contributed by atoms with Crippen LogP contribution in [0.2, 0.25) is 0 Å². The molecule has 0 spiro atoms. The van der Waals surface area contributed by atoms with Gasteiger partial charge in [-0.05, 0) is 6.92 Å². The molecule has 0 aliphatic carbocycles. The van der Waals surface area contributed by atoms with Crippen LogP contribution in [0, 0.1) is 0 Å². The van der Waals surface area contributed by atoms with Gasteiger partial charge < -0.3 is 274 Å². The summed E-state index contributed by atoms with van der Waals surface area (Å²) in [6.45, 7) is -4.55. The summed E-state index contributed by atoms with van der Waals surface area (Å²) in [6.07, 6.45) is -105. The van der Waals surface area contributed by atoms with Crippen LogP contribution in [0.25, 0.3) is 0 Å². The lowest BCUT2D eigenvalue weighted by molar-refractivity contribution is -0.403. The fourth-order valence-corrected chi connectivity index (χ4v) is 18.0. The second kappa shape index (κ2) is 50.0. The Balaban J connectivity index is 0.997. The van der Waals surface area contributed by atoms with E-state index in [4.69, 9.17) is 99.5 Å². The van der Waals surface area contributed by atoms with Gasteiger partial charge in [-0.2, -0.15) is 0 Å². The van der Waals surface area contributed by atoms with Gasteiger partial charge in [0.25, 0.3) is 0 Å². The van der Waals surface area contributed by atoms with Gasteiger partial charge in [-0.15, -0.1) is 0 Å². The van der Waals surface area contributed by atoms with Crippen molar-refractivity contribution in [3.05, 3.63) is 0 Å². The molecule has 61 nitrogen and oxygen atoms in total. The third-order valence-electron chi connectivity index (χ3n) is 25.3. The summed E-state index contributed by atoms with van der Waals surface area (Å²) < 4.78 is 127. The zero-order valence-electron chi connectivity index (χ0n) is 75.4. The summed E-state index contributed by atoms with van der Waals surface area (Å²) in [7, 11) is 0. The Morgan fingerprint density at radius 3 is 0.885 bits per heavy atom. The van der Waals surface area contributed by atoms with Crippen LogP contribution in [0.5, 0.6) is 0 Å². The maximum absolute atomic E-state index is 13.5. The largest absolute Gasteiger partial charge is 0.394 e. The van der Waals surface area contributed by atoms with E-state index in [1.165, 1.54) is 6.92 Å². The number of aliphatic hydroxyl groups excluding tert-OH is 28. The highest BCUT2D eigenvalue weighted by Gasteiger charge is 2.63. The number of amides is 6. The van der Waals surface area contributed by atoms with Gasteiger partial charge >= 0.3 is 0 Å². The lowest BCUT2D eigenvalue weighted by Gasteiger charge is -2.52. The SMILES string of the molecule is CC(=O)N[C@@H]1[C@@H](O)[C@H](O[C@@H]2O[C@H](CO)[C@@H](O[C@@H]3O[C@H](CO[C@H]4O[C@H](CO[C@@H]5O[C@H](CO)[C@@H](O)[C@H](O)[C@H]5NC(C)=O)[C@@H](O)[C@H](O)[C@@H]4O[C@@H]4O[C@H](CO)[C@@H](O[C@@H]5O[C@H](CO)[C@H](O)[C@H](O)[C@H]5O)[C@H](O)[C@H]4NC(C)=O)[C@@H](O)[C@H](O[C@H]4O[C@H](CO)[C@@H](O[C@@H]5O[C@H](CO)[C@@H](O)[C@H](O)[C@H]5NC(C)=O)[C@H](O)[C@@H]4O[C@@H]4O[C@H](CO)[C@@H](O)[C@H](O)[C@H]4NC(C)=O)[C@@H]3O)[C@H](O)[C@H]2NC(C)=O)[C@@H](CO[C@H]2O[C@H](C)[C@H](O)[C@@H](O)[C@H]2O)O[C@H]1O. The number of carbonyl (C=O) groups is 6. The number of nitrogens with one attached hydrogen (secondary N) is 6. The molecule has 11 heterocycles. The standard InChI is InChI=1S/C78H130N6O55/c1-18-41(98)54(111)57(114)74(122-18)120-17-34-64(51(108)35(68(118)123-34)79-19(2)92)134-72-39(83-23(6)96)52(109)62(30(13-90)128-72)136-76-60(117)65(137-78-67(139-71-38(82-22(5)95)50(107)44(101)27(10-87)126-71)59(116)63(31(14-91)130-78)133-70-37(81-21(4)94)49(106)43(100)26(9-86)125-70)47(104)33(131-76)16-121-77-66(56(113)46(103)32(132-77)15-119-69-36(80-20(3)93)48(105)42(99)25(8-85)124-69)138-73-40(84-24(7)97)53(110)61(29(12-89)129-73)135-75-58(115)55(112)45(102)28(11-88)127-75/h18,25-78,85-91,98-118H,8-17H2,1-7H3,(H,79,92)(H,80,93)(H,81,94)(H,82,95)(H,83,96)(H,84,97)/t18-,25-,26-,27-,28-,29-,30-,31-,32-,33-,34-,35-,36-,37-,38-,39-,40-,41+,42-,43-,44-,45+,46-,47-,48-,49-,50-,51-,52-,53-,54-,55+,56+,57-,58-,59+,60+,61-,62-,63-,64-,65+,66+,67+,68-,69-,70+,71+,72+,73+,74+,75+,76+,77+,78-/m1/s1. The number of ether oxygens (including phenoxy) is 21. The Labute approximate surface area is 788 Å². The molecule has 11 saturated heterocycles. The molecule has 11 aliphatic heterocycles. The molecule has 61 heteroatoms. The first kappa shape index (κ1) is 114. The van der Waals surface area contributed by atoms with Crippen LogP contribution in [0.15, 0.2) is 0 Å². The lowest BCUT2D eigenvalue weighted by atomic mass is 9.93. The highest BCUT2D eigenvalue weighted by Crippen LogP contribution is 2.42. The van der Waals surface area contributed by atoms with E-state index >= 15 is 0 Å². The van der Waals surface area contributed by atoms with Crippen molar-refractivity contribution in [3.8, 4) is 0 Å². The van der Waals surface area contributed by atoms with Crippen molar-refractivity contribution >= 4 is 35.4 Å². The second-order valence-corrected chi connectivity index (χ2v) is 35.3. The van der Waals surface area contributed by atoms with Gasteiger partial charge in [-0.1, -0.05) is 0 Å². The predicted octanol–water partition coefficient (Wildman–Crippen LogP) is -23.1. The van der Waals surface area contributed by atoms with Gasteiger partial charge in [0.1, 0.15) is 262 Å². The van der Waals surface area contributed by atoms with E-state index in [1.54, 1.807) is 0 Å². The summed E-state index contributed by atoms with van der Waals surface area (Å²) in [5, 5.41) is 333. The average Bonchev–Trinajstić information content (AvgIpc) is 0.757. The van der Waals surface area contributed by atoms with Crippen molar-refractivity contribution in [3.63, 3.8) is 0 Å². The maximum Gasteiger partial charge on any atom is 0.217 e. The molecule has 0 unspecified atom stereocenters. The minimum absolute atomic E-state index is 0.856. The molecule has 55 atom stereocenters. The van der Waals surface area contributed by atoms with Crippen molar-refractivity contribution in [1.82, 2.24) is 31.9 Å². The van der Waals surface area contributed by atoms with Gasteiger partial charge in [0.2, 0.25) is 35.4 Å². The second-order valence-electron chi connectivity index (χ2n) is 35.3. The average molecular weight is 2030 g/mol. The maximum atomic E-state index is 13.5. The predicted molar refractivity (Wildman–Crippen MR) is 430 cm³/mol. The van der Waals surface area contributed by atoms with Gasteiger partial charge in [0.15, 0.2) is 69.2 Å². The van der Waals surface area contributed by atoms with E-state index in [0.29, 0.717) is 0 Å². The van der Waals surface area contributed by atoms with Crippen LogP contribution >= 0.6 is 0 Å². The van der Waals surface area contributed by atoms with Crippen molar-refractivity contribution in [2.75, 3.05) is 66.1 Å². The molecular weight excluding hydrogens is 1900 g/mol. The van der Waals surface area contributed by atoms with Crippen LogP contribution in [-0.2, 0) is 128 Å². The molecular formula is C78H130N6O55. The van der Waals surface area contributed by atoms with Crippen LogP contribution in [0.1, 0.15) is 48.5 Å². The third-order valence-corrected chi connectivity index (χ3v) is 25.3. The number of hydrogen-bond donors (Lipinski definition) is 34. The fraction of sp³-hybridized carbons (Fsp3) is 0.923. The van der Waals surface area contributed by atoms with E-state index in [-0.39, 0.29) is 0 Å². The van der Waals surface area contributed by atoms with Crippen LogP contribution in [-0.4, -0.2) is 582 Å². The third kappa shape index (κ3) is 26.0. The van der Waals surface area contributed by atoms with Crippen LogP contribution < -0.4 is 31.9 Å². The first-order valence-corrected chi connectivity index (χ1v) is 44.5.